The van der Waals surface area contributed by atoms with Crippen molar-refractivity contribution in [2.45, 2.75) is 54.5 Å². The van der Waals surface area contributed by atoms with Gasteiger partial charge in [-0.3, -0.25) is 0 Å². The van der Waals surface area contributed by atoms with E-state index in [1.54, 1.807) is 18.2 Å². The summed E-state index contributed by atoms with van der Waals surface area (Å²) in [5.74, 6) is 1.20. The van der Waals surface area contributed by atoms with Crippen molar-refractivity contribution in [3.05, 3.63) is 48.0 Å². The first kappa shape index (κ1) is 21.1. The summed E-state index contributed by atoms with van der Waals surface area (Å²) >= 11 is 0. The van der Waals surface area contributed by atoms with Crippen LogP contribution in [0.2, 0.25) is 0 Å². The molecule has 2 aliphatic rings. The SMILES string of the molecule is O=S(=O)(NCc1ccc2c(c1)OCO2)c1ccc(S(=O)(=O)NC2CCCCC2)cc1. The minimum absolute atomic E-state index is 0.000130. The molecule has 2 aromatic rings. The zero-order valence-electron chi connectivity index (χ0n) is 16.3. The molecular weight excluding hydrogens is 428 g/mol. The van der Waals surface area contributed by atoms with E-state index in [2.05, 4.69) is 9.44 Å². The van der Waals surface area contributed by atoms with Gasteiger partial charge < -0.3 is 9.47 Å². The van der Waals surface area contributed by atoms with Crippen LogP contribution in [0.15, 0.2) is 52.3 Å². The number of hydrogen-bond donors (Lipinski definition) is 2. The number of benzene rings is 2. The third-order valence-electron chi connectivity index (χ3n) is 5.27. The standard InChI is InChI=1S/C20H24N2O6S2/c23-29(24,21-13-15-6-11-19-20(12-15)28-14-27-19)17-7-9-18(10-8-17)30(25,26)22-16-4-2-1-3-5-16/h6-12,16,21-22H,1-5,13-14H2. The van der Waals surface area contributed by atoms with Crippen molar-refractivity contribution in [1.82, 2.24) is 9.44 Å². The van der Waals surface area contributed by atoms with Crippen LogP contribution in [0.3, 0.4) is 0 Å². The van der Waals surface area contributed by atoms with E-state index in [4.69, 9.17) is 9.47 Å². The number of sulfonamides is 2. The Balaban J connectivity index is 1.42. The number of fused-ring (bicyclic) bond motifs is 1. The highest BCUT2D eigenvalue weighted by Gasteiger charge is 2.23. The van der Waals surface area contributed by atoms with Gasteiger partial charge in [0.1, 0.15) is 0 Å². The van der Waals surface area contributed by atoms with Crippen LogP contribution in [-0.2, 0) is 26.6 Å². The summed E-state index contributed by atoms with van der Waals surface area (Å²) in [5, 5.41) is 0. The Morgan fingerprint density at radius 1 is 0.800 bits per heavy atom. The Morgan fingerprint density at radius 2 is 1.43 bits per heavy atom. The van der Waals surface area contributed by atoms with Crippen LogP contribution in [-0.4, -0.2) is 29.7 Å². The van der Waals surface area contributed by atoms with Gasteiger partial charge in [0, 0.05) is 12.6 Å². The van der Waals surface area contributed by atoms with Crippen molar-refractivity contribution in [1.29, 1.82) is 0 Å². The van der Waals surface area contributed by atoms with Crippen LogP contribution in [0, 0.1) is 0 Å². The zero-order chi connectivity index (χ0) is 21.2. The molecule has 1 heterocycles. The molecule has 0 radical (unpaired) electrons. The van der Waals surface area contributed by atoms with Crippen LogP contribution in [0.1, 0.15) is 37.7 Å². The molecule has 10 heteroatoms. The maximum absolute atomic E-state index is 12.6. The molecule has 4 rings (SSSR count). The quantitative estimate of drug-likeness (QED) is 0.668. The lowest BCUT2D eigenvalue weighted by atomic mass is 9.96. The molecule has 0 amide bonds. The molecule has 30 heavy (non-hydrogen) atoms. The topological polar surface area (TPSA) is 111 Å². The molecule has 162 valence electrons. The summed E-state index contributed by atoms with van der Waals surface area (Å²) in [7, 11) is -7.47. The third kappa shape index (κ3) is 4.77. The first-order valence-electron chi connectivity index (χ1n) is 9.84. The van der Waals surface area contributed by atoms with Crippen molar-refractivity contribution in [2.75, 3.05) is 6.79 Å². The van der Waals surface area contributed by atoms with Crippen LogP contribution >= 0.6 is 0 Å². The highest BCUT2D eigenvalue weighted by molar-refractivity contribution is 7.90. The molecule has 1 aliphatic carbocycles. The summed E-state index contributed by atoms with van der Waals surface area (Å²) < 4.78 is 66.1. The average molecular weight is 453 g/mol. The largest absolute Gasteiger partial charge is 0.454 e. The molecule has 1 fully saturated rings. The van der Waals surface area contributed by atoms with Gasteiger partial charge in [-0.15, -0.1) is 0 Å². The number of nitrogens with one attached hydrogen (secondary N) is 2. The average Bonchev–Trinajstić information content (AvgIpc) is 3.21. The molecule has 0 unspecified atom stereocenters. The lowest BCUT2D eigenvalue weighted by Crippen LogP contribution is -2.36. The van der Waals surface area contributed by atoms with Crippen molar-refractivity contribution in [2.24, 2.45) is 0 Å². The second kappa shape index (κ2) is 8.54. The van der Waals surface area contributed by atoms with Crippen LogP contribution in [0.25, 0.3) is 0 Å². The molecule has 1 aliphatic heterocycles. The first-order valence-corrected chi connectivity index (χ1v) is 12.8. The van der Waals surface area contributed by atoms with E-state index < -0.39 is 20.0 Å². The van der Waals surface area contributed by atoms with E-state index in [0.29, 0.717) is 11.5 Å². The minimum Gasteiger partial charge on any atom is -0.454 e. The molecule has 2 aromatic carbocycles. The van der Waals surface area contributed by atoms with Gasteiger partial charge in [-0.25, -0.2) is 26.3 Å². The Morgan fingerprint density at radius 3 is 2.13 bits per heavy atom. The lowest BCUT2D eigenvalue weighted by Gasteiger charge is -2.22. The second-order valence-electron chi connectivity index (χ2n) is 7.44. The van der Waals surface area contributed by atoms with Crippen LogP contribution < -0.4 is 18.9 Å². The predicted octanol–water partition coefficient (Wildman–Crippen LogP) is 2.50. The third-order valence-corrected chi connectivity index (χ3v) is 8.23. The molecule has 0 spiro atoms. The molecule has 1 saturated carbocycles. The number of rotatable bonds is 7. The molecular formula is C20H24N2O6S2. The van der Waals surface area contributed by atoms with Gasteiger partial charge in [0.05, 0.1) is 9.79 Å². The smallest absolute Gasteiger partial charge is 0.240 e. The summed E-state index contributed by atoms with van der Waals surface area (Å²) in [6, 6.07) is 10.4. The predicted molar refractivity (Wildman–Crippen MR) is 110 cm³/mol. The van der Waals surface area contributed by atoms with Gasteiger partial charge in [0.15, 0.2) is 11.5 Å². The van der Waals surface area contributed by atoms with Crippen molar-refractivity contribution >= 4 is 20.0 Å². The Hall–Kier alpha value is -2.14. The molecule has 0 aromatic heterocycles. The number of ether oxygens (including phenoxy) is 2. The molecule has 0 saturated heterocycles. The fourth-order valence-electron chi connectivity index (χ4n) is 3.62. The van der Waals surface area contributed by atoms with Gasteiger partial charge in [-0.05, 0) is 54.8 Å². The first-order chi connectivity index (χ1) is 14.3. The minimum atomic E-state index is -3.80. The number of hydrogen-bond acceptors (Lipinski definition) is 6. The van der Waals surface area contributed by atoms with Gasteiger partial charge >= 0.3 is 0 Å². The fraction of sp³-hybridized carbons (Fsp3) is 0.400. The van der Waals surface area contributed by atoms with Gasteiger partial charge in [0.2, 0.25) is 26.8 Å². The monoisotopic (exact) mass is 452 g/mol. The van der Waals surface area contributed by atoms with E-state index in [-0.39, 0.29) is 29.2 Å². The van der Waals surface area contributed by atoms with Gasteiger partial charge in [0.25, 0.3) is 0 Å². The summed E-state index contributed by atoms with van der Waals surface area (Å²) in [5.41, 5.74) is 0.721. The van der Waals surface area contributed by atoms with Crippen molar-refractivity contribution < 1.29 is 26.3 Å². The van der Waals surface area contributed by atoms with Gasteiger partial charge in [-0.1, -0.05) is 25.3 Å². The Kier molecular flexibility index (Phi) is 6.01. The second-order valence-corrected chi connectivity index (χ2v) is 10.9. The van der Waals surface area contributed by atoms with Crippen molar-refractivity contribution in [3.8, 4) is 11.5 Å². The molecule has 2 N–H and O–H groups in total. The fourth-order valence-corrected chi connectivity index (χ4v) is 5.94. The maximum atomic E-state index is 12.6. The summed E-state index contributed by atoms with van der Waals surface area (Å²) in [4.78, 5) is 0.0580. The highest BCUT2D eigenvalue weighted by atomic mass is 32.2. The maximum Gasteiger partial charge on any atom is 0.240 e. The van der Waals surface area contributed by atoms with Crippen LogP contribution in [0.4, 0.5) is 0 Å². The van der Waals surface area contributed by atoms with E-state index in [0.717, 1.165) is 37.7 Å². The molecule has 0 atom stereocenters. The Bertz CT molecular complexity index is 1110. The van der Waals surface area contributed by atoms with E-state index >= 15 is 0 Å². The summed E-state index contributed by atoms with van der Waals surface area (Å²) in [6.45, 7) is 0.220. The normalized spacial score (nSPS) is 17.2. The van der Waals surface area contributed by atoms with E-state index in [1.165, 1.54) is 24.3 Å². The van der Waals surface area contributed by atoms with E-state index in [9.17, 15) is 16.8 Å². The zero-order valence-corrected chi connectivity index (χ0v) is 18.0. The Labute approximate surface area is 176 Å². The summed E-state index contributed by atoms with van der Waals surface area (Å²) in [6.07, 6.45) is 4.81. The van der Waals surface area contributed by atoms with E-state index in [1.807, 2.05) is 0 Å². The molecule has 8 nitrogen and oxygen atoms in total. The van der Waals surface area contributed by atoms with Crippen LogP contribution in [0.5, 0.6) is 11.5 Å². The van der Waals surface area contributed by atoms with Crippen molar-refractivity contribution in [3.63, 3.8) is 0 Å². The highest BCUT2D eigenvalue weighted by Crippen LogP contribution is 2.32. The molecule has 0 bridgehead atoms. The lowest BCUT2D eigenvalue weighted by molar-refractivity contribution is 0.174. The van der Waals surface area contributed by atoms with Gasteiger partial charge in [-0.2, -0.15) is 0 Å².